The standard InChI is InChI=1S/C52H46O6/c1-50(2,3)29-13-19-32(20-14-29)55-40-26-25-37-43-35(40)11-10-12-36(43)45-41(56-33-21-15-30(16-22-33)51(4,5)6)27-38-44-39(49(54)58-48(38)53)28-42(46(37)47(44)45)57-34-23-17-31(18-24-34)52(7,8)9/h10-28H,1-9H3. The molecule has 58 heavy (non-hydrogen) atoms. The molecule has 8 aromatic carbocycles. The van der Waals surface area contributed by atoms with Crippen molar-refractivity contribution in [1.29, 1.82) is 0 Å². The average Bonchev–Trinajstić information content (AvgIpc) is 3.16. The number of carbonyl (C=O) groups is 2. The topological polar surface area (TPSA) is 71.1 Å². The SMILES string of the molecule is CC(C)(C)c1ccc(Oc2ccc3c4c(Oc5ccc(C(C)(C)C)cc5)cc5c6c(cc(Oc7ccc(C(C)(C)C)cc7)c(c7cccc2c73)c64)C(=O)OC5=O)cc1. The van der Waals surface area contributed by atoms with Crippen LogP contribution < -0.4 is 14.2 Å². The molecule has 0 spiro atoms. The van der Waals surface area contributed by atoms with E-state index in [1.54, 1.807) is 12.1 Å². The van der Waals surface area contributed by atoms with Crippen molar-refractivity contribution in [3.8, 4) is 34.5 Å². The van der Waals surface area contributed by atoms with Crippen LogP contribution in [-0.2, 0) is 21.0 Å². The fourth-order valence-electron chi connectivity index (χ4n) is 8.13. The number of fused-ring (bicyclic) bond motifs is 2. The molecule has 1 heterocycles. The van der Waals surface area contributed by atoms with E-state index >= 15 is 0 Å². The molecular formula is C52H46O6. The first-order chi connectivity index (χ1) is 27.5. The third kappa shape index (κ3) is 6.28. The van der Waals surface area contributed by atoms with Gasteiger partial charge in [-0.15, -0.1) is 0 Å². The monoisotopic (exact) mass is 766 g/mol. The fourth-order valence-corrected chi connectivity index (χ4v) is 8.13. The molecule has 1 aliphatic rings. The summed E-state index contributed by atoms with van der Waals surface area (Å²) in [5.74, 6) is 2.11. The molecule has 0 bridgehead atoms. The van der Waals surface area contributed by atoms with E-state index in [-0.39, 0.29) is 27.4 Å². The maximum atomic E-state index is 13.6. The zero-order valence-electron chi connectivity index (χ0n) is 34.4. The van der Waals surface area contributed by atoms with Crippen molar-refractivity contribution in [3.63, 3.8) is 0 Å². The second kappa shape index (κ2) is 13.1. The number of cyclic esters (lactones) is 2. The normalized spacial score (nSPS) is 13.5. The maximum absolute atomic E-state index is 13.6. The highest BCUT2D eigenvalue weighted by atomic mass is 16.6. The number of benzene rings is 8. The summed E-state index contributed by atoms with van der Waals surface area (Å²) in [6, 6.07) is 37.9. The van der Waals surface area contributed by atoms with E-state index in [2.05, 4.69) is 111 Å². The number of esters is 2. The van der Waals surface area contributed by atoms with Gasteiger partial charge in [0.05, 0.1) is 11.1 Å². The van der Waals surface area contributed by atoms with Crippen LogP contribution in [0.15, 0.2) is 115 Å². The third-order valence-corrected chi connectivity index (χ3v) is 11.3. The molecule has 0 aliphatic carbocycles. The molecule has 6 nitrogen and oxygen atoms in total. The molecule has 0 amide bonds. The molecule has 6 heteroatoms. The fraction of sp³-hybridized carbons (Fsp3) is 0.231. The Labute approximate surface area is 338 Å². The Morgan fingerprint density at radius 1 is 0.379 bits per heavy atom. The van der Waals surface area contributed by atoms with Crippen molar-refractivity contribution in [2.45, 2.75) is 78.6 Å². The lowest BCUT2D eigenvalue weighted by Crippen LogP contribution is -2.20. The number of hydrogen-bond acceptors (Lipinski definition) is 6. The van der Waals surface area contributed by atoms with Gasteiger partial charge in [-0.1, -0.05) is 117 Å². The van der Waals surface area contributed by atoms with Crippen molar-refractivity contribution in [2.75, 3.05) is 0 Å². The van der Waals surface area contributed by atoms with E-state index in [1.807, 2.05) is 54.6 Å². The van der Waals surface area contributed by atoms with Gasteiger partial charge >= 0.3 is 11.9 Å². The lowest BCUT2D eigenvalue weighted by atomic mass is 9.84. The van der Waals surface area contributed by atoms with Crippen LogP contribution in [0, 0.1) is 0 Å². The van der Waals surface area contributed by atoms with E-state index in [4.69, 9.17) is 18.9 Å². The minimum Gasteiger partial charge on any atom is -0.457 e. The molecule has 0 fully saturated rings. The van der Waals surface area contributed by atoms with Crippen LogP contribution in [0.4, 0.5) is 0 Å². The zero-order chi connectivity index (χ0) is 40.9. The van der Waals surface area contributed by atoms with Gasteiger partial charge in [0, 0.05) is 32.3 Å². The summed E-state index contributed by atoms with van der Waals surface area (Å²) in [4.78, 5) is 27.3. The molecule has 0 radical (unpaired) electrons. The van der Waals surface area contributed by atoms with E-state index in [0.29, 0.717) is 39.5 Å². The summed E-state index contributed by atoms with van der Waals surface area (Å²) < 4.78 is 25.6. The predicted octanol–water partition coefficient (Wildman–Crippen LogP) is 14.3. The number of carbonyl (C=O) groups excluding carboxylic acids is 2. The second-order valence-corrected chi connectivity index (χ2v) is 18.5. The van der Waals surface area contributed by atoms with Gasteiger partial charge in [-0.3, -0.25) is 0 Å². The molecule has 0 saturated heterocycles. The lowest BCUT2D eigenvalue weighted by Gasteiger charge is -2.25. The molecule has 0 saturated carbocycles. The third-order valence-electron chi connectivity index (χ3n) is 11.3. The first-order valence-corrected chi connectivity index (χ1v) is 19.8. The van der Waals surface area contributed by atoms with E-state index < -0.39 is 11.9 Å². The summed E-state index contributed by atoms with van der Waals surface area (Å²) >= 11 is 0. The summed E-state index contributed by atoms with van der Waals surface area (Å²) in [5, 5.41) is 6.29. The minimum absolute atomic E-state index is 0.0115. The molecule has 290 valence electrons. The van der Waals surface area contributed by atoms with Gasteiger partial charge in [0.2, 0.25) is 0 Å². The van der Waals surface area contributed by atoms with Gasteiger partial charge in [-0.2, -0.15) is 0 Å². The Balaban J connectivity index is 1.34. The molecule has 0 N–H and O–H groups in total. The summed E-state index contributed by atoms with van der Waals surface area (Å²) in [7, 11) is 0. The van der Waals surface area contributed by atoms with Crippen molar-refractivity contribution in [1.82, 2.24) is 0 Å². The zero-order valence-corrected chi connectivity index (χ0v) is 34.4. The van der Waals surface area contributed by atoms with E-state index in [0.717, 1.165) is 38.1 Å². The van der Waals surface area contributed by atoms with Gasteiger partial charge in [-0.05, 0) is 104 Å². The van der Waals surface area contributed by atoms with Crippen molar-refractivity contribution in [3.05, 3.63) is 143 Å². The Morgan fingerprint density at radius 3 is 1.17 bits per heavy atom. The van der Waals surface area contributed by atoms with Gasteiger partial charge in [-0.25, -0.2) is 9.59 Å². The quantitative estimate of drug-likeness (QED) is 0.0726. The molecule has 0 unspecified atom stereocenters. The van der Waals surface area contributed by atoms with Crippen molar-refractivity contribution < 1.29 is 28.5 Å². The molecular weight excluding hydrogens is 721 g/mol. The Morgan fingerprint density at radius 2 is 0.759 bits per heavy atom. The summed E-state index contributed by atoms with van der Waals surface area (Å²) in [6.07, 6.45) is 0. The van der Waals surface area contributed by atoms with Gasteiger partial charge < -0.3 is 18.9 Å². The maximum Gasteiger partial charge on any atom is 0.346 e. The molecule has 0 aromatic heterocycles. The Kier molecular flexibility index (Phi) is 8.38. The minimum atomic E-state index is -0.723. The van der Waals surface area contributed by atoms with Crippen LogP contribution in [-0.4, -0.2) is 11.9 Å². The van der Waals surface area contributed by atoms with Crippen LogP contribution in [0.2, 0.25) is 0 Å². The first-order valence-electron chi connectivity index (χ1n) is 19.8. The summed E-state index contributed by atoms with van der Waals surface area (Å²) in [6.45, 7) is 19.6. The van der Waals surface area contributed by atoms with E-state index in [9.17, 15) is 9.59 Å². The molecule has 9 rings (SSSR count). The second-order valence-electron chi connectivity index (χ2n) is 18.5. The first kappa shape index (κ1) is 37.2. The highest BCUT2D eigenvalue weighted by Crippen LogP contribution is 2.53. The number of hydrogen-bond donors (Lipinski definition) is 0. The highest BCUT2D eigenvalue weighted by Gasteiger charge is 2.34. The summed E-state index contributed by atoms with van der Waals surface area (Å²) in [5.41, 5.74) is 3.99. The molecule has 8 aromatic rings. The van der Waals surface area contributed by atoms with Crippen LogP contribution in [0.3, 0.4) is 0 Å². The van der Waals surface area contributed by atoms with Gasteiger partial charge in [0.1, 0.15) is 34.5 Å². The predicted molar refractivity (Wildman–Crippen MR) is 233 cm³/mol. The Bertz CT molecular complexity index is 2800. The number of rotatable bonds is 6. The smallest absolute Gasteiger partial charge is 0.346 e. The van der Waals surface area contributed by atoms with Crippen LogP contribution in [0.1, 0.15) is 99.7 Å². The lowest BCUT2D eigenvalue weighted by molar-refractivity contribution is 0.0390. The van der Waals surface area contributed by atoms with Gasteiger partial charge in [0.25, 0.3) is 0 Å². The molecule has 1 aliphatic heterocycles. The molecule has 0 atom stereocenters. The largest absolute Gasteiger partial charge is 0.457 e. The average molecular weight is 767 g/mol. The van der Waals surface area contributed by atoms with Crippen LogP contribution >= 0.6 is 0 Å². The van der Waals surface area contributed by atoms with Crippen LogP contribution in [0.5, 0.6) is 34.5 Å². The van der Waals surface area contributed by atoms with Crippen molar-refractivity contribution in [2.24, 2.45) is 0 Å². The van der Waals surface area contributed by atoms with Crippen LogP contribution in [0.25, 0.3) is 43.1 Å². The Hall–Kier alpha value is -6.40. The van der Waals surface area contributed by atoms with E-state index in [1.165, 1.54) is 16.7 Å². The van der Waals surface area contributed by atoms with Gasteiger partial charge in [0.15, 0.2) is 0 Å². The van der Waals surface area contributed by atoms with Crippen molar-refractivity contribution >= 4 is 55.0 Å². The number of ether oxygens (including phenoxy) is 4. The highest BCUT2D eigenvalue weighted by molar-refractivity contribution is 6.40.